The summed E-state index contributed by atoms with van der Waals surface area (Å²) in [5.74, 6) is 0.356. The molecule has 0 saturated heterocycles. The molecule has 96 valence electrons. The molecule has 1 fully saturated rings. The van der Waals surface area contributed by atoms with Crippen LogP contribution in [-0.4, -0.2) is 11.2 Å². The van der Waals surface area contributed by atoms with Gasteiger partial charge in [-0.3, -0.25) is 0 Å². The van der Waals surface area contributed by atoms with Gasteiger partial charge >= 0.3 is 0 Å². The molecule has 0 heterocycles. The van der Waals surface area contributed by atoms with Crippen molar-refractivity contribution in [3.63, 3.8) is 0 Å². The van der Waals surface area contributed by atoms with Gasteiger partial charge in [0.05, 0.1) is 12.1 Å². The van der Waals surface area contributed by atoms with Crippen molar-refractivity contribution >= 4 is 24.0 Å². The molecule has 0 unspecified atom stereocenters. The third kappa shape index (κ3) is 3.59. The highest BCUT2D eigenvalue weighted by Gasteiger charge is 2.28. The lowest BCUT2D eigenvalue weighted by atomic mass is 9.91. The van der Waals surface area contributed by atoms with Gasteiger partial charge in [0, 0.05) is 5.02 Å². The first-order valence-corrected chi connectivity index (χ1v) is 6.25. The average Bonchev–Trinajstić information content (AvgIpc) is 2.80. The lowest BCUT2D eigenvalue weighted by Crippen LogP contribution is -2.31. The highest BCUT2D eigenvalue weighted by molar-refractivity contribution is 6.30. The molecule has 0 aliphatic heterocycles. The third-order valence-electron chi connectivity index (χ3n) is 3.48. The number of hydrogen-bond donors (Lipinski definition) is 2. The van der Waals surface area contributed by atoms with Crippen molar-refractivity contribution < 1.29 is 5.11 Å². The Kier molecular flexibility index (Phi) is 5.74. The Morgan fingerprint density at radius 3 is 2.53 bits per heavy atom. The molecule has 2 atom stereocenters. The van der Waals surface area contributed by atoms with E-state index in [0.29, 0.717) is 10.9 Å². The number of aliphatic hydroxyl groups excluding tert-OH is 1. The van der Waals surface area contributed by atoms with E-state index in [2.05, 4.69) is 0 Å². The summed E-state index contributed by atoms with van der Waals surface area (Å²) in [5, 5.41) is 10.9. The smallest absolute Gasteiger partial charge is 0.0760 e. The van der Waals surface area contributed by atoms with E-state index in [1.807, 2.05) is 24.3 Å². The number of rotatable bonds is 3. The molecule has 2 nitrogen and oxygen atoms in total. The van der Waals surface area contributed by atoms with Gasteiger partial charge in [0.1, 0.15) is 0 Å². The molecule has 4 heteroatoms. The number of halogens is 2. The molecule has 0 spiro atoms. The predicted molar refractivity (Wildman–Crippen MR) is 73.6 cm³/mol. The van der Waals surface area contributed by atoms with Crippen molar-refractivity contribution in [3.8, 4) is 0 Å². The number of aliphatic hydroxyl groups is 1. The molecule has 1 aliphatic carbocycles. The minimum absolute atomic E-state index is 0. The highest BCUT2D eigenvalue weighted by atomic mass is 35.5. The first-order chi connectivity index (χ1) is 7.68. The quantitative estimate of drug-likeness (QED) is 0.889. The monoisotopic (exact) mass is 275 g/mol. The van der Waals surface area contributed by atoms with Gasteiger partial charge in [-0.1, -0.05) is 36.6 Å². The summed E-state index contributed by atoms with van der Waals surface area (Å²) in [6.45, 7) is 0. The van der Waals surface area contributed by atoms with Gasteiger partial charge in [-0.15, -0.1) is 12.4 Å². The second-order valence-electron chi connectivity index (χ2n) is 4.62. The van der Waals surface area contributed by atoms with Gasteiger partial charge < -0.3 is 10.8 Å². The molecule has 2 rings (SSSR count). The Labute approximate surface area is 114 Å². The van der Waals surface area contributed by atoms with Crippen molar-refractivity contribution in [1.82, 2.24) is 0 Å². The lowest BCUT2D eigenvalue weighted by molar-refractivity contribution is 0.0845. The maximum Gasteiger partial charge on any atom is 0.0760 e. The van der Waals surface area contributed by atoms with E-state index in [9.17, 15) is 5.11 Å². The summed E-state index contributed by atoms with van der Waals surface area (Å²) in [4.78, 5) is 0. The van der Waals surface area contributed by atoms with Crippen LogP contribution in [0.1, 0.15) is 37.3 Å². The largest absolute Gasteiger partial charge is 0.391 e. The Morgan fingerprint density at radius 1 is 1.29 bits per heavy atom. The number of nitrogens with two attached hydrogens (primary N) is 1. The van der Waals surface area contributed by atoms with Crippen LogP contribution in [0.25, 0.3) is 0 Å². The highest BCUT2D eigenvalue weighted by Crippen LogP contribution is 2.32. The maximum absolute atomic E-state index is 10.2. The Hall–Kier alpha value is -0.280. The van der Waals surface area contributed by atoms with Crippen LogP contribution in [0.2, 0.25) is 5.02 Å². The molecule has 3 N–H and O–H groups in total. The summed E-state index contributed by atoms with van der Waals surface area (Å²) in [6.07, 6.45) is 4.17. The van der Waals surface area contributed by atoms with E-state index < -0.39 is 6.10 Å². The molecule has 1 saturated carbocycles. The van der Waals surface area contributed by atoms with Gasteiger partial charge in [-0.05, 0) is 36.5 Å². The van der Waals surface area contributed by atoms with E-state index in [1.54, 1.807) is 0 Å². The first kappa shape index (κ1) is 14.8. The van der Waals surface area contributed by atoms with Crippen LogP contribution in [0, 0.1) is 5.92 Å². The van der Waals surface area contributed by atoms with Crippen LogP contribution in [0.3, 0.4) is 0 Å². The normalized spacial score (nSPS) is 19.7. The van der Waals surface area contributed by atoms with Crippen LogP contribution < -0.4 is 5.73 Å². The molecular formula is C13H19Cl2NO. The van der Waals surface area contributed by atoms with Gasteiger partial charge in [0.25, 0.3) is 0 Å². The molecule has 0 radical (unpaired) electrons. The van der Waals surface area contributed by atoms with Crippen LogP contribution >= 0.6 is 24.0 Å². The predicted octanol–water partition coefficient (Wildman–Crippen LogP) is 3.31. The molecule has 0 aromatic heterocycles. The summed E-state index contributed by atoms with van der Waals surface area (Å²) in [6, 6.07) is 7.14. The number of hydrogen-bond acceptors (Lipinski definition) is 2. The molecular weight excluding hydrogens is 257 g/mol. The Balaban J connectivity index is 0.00000144. The van der Waals surface area contributed by atoms with E-state index in [-0.39, 0.29) is 18.4 Å². The Bertz CT molecular complexity index is 353. The maximum atomic E-state index is 10.2. The second-order valence-corrected chi connectivity index (χ2v) is 5.05. The topological polar surface area (TPSA) is 46.2 Å². The summed E-state index contributed by atoms with van der Waals surface area (Å²) in [7, 11) is 0. The van der Waals surface area contributed by atoms with Crippen LogP contribution in [0.4, 0.5) is 0 Å². The molecule has 1 aromatic rings. The van der Waals surface area contributed by atoms with Crippen molar-refractivity contribution in [2.75, 3.05) is 0 Å². The van der Waals surface area contributed by atoms with E-state index >= 15 is 0 Å². The van der Waals surface area contributed by atoms with Crippen LogP contribution in [0.5, 0.6) is 0 Å². The fourth-order valence-electron chi connectivity index (χ4n) is 2.50. The van der Waals surface area contributed by atoms with Crippen LogP contribution in [0.15, 0.2) is 24.3 Å². The summed E-state index contributed by atoms with van der Waals surface area (Å²) >= 11 is 5.92. The van der Waals surface area contributed by atoms with Gasteiger partial charge in [-0.25, -0.2) is 0 Å². The second kappa shape index (κ2) is 6.60. The van der Waals surface area contributed by atoms with E-state index in [4.69, 9.17) is 17.3 Å². The average molecular weight is 276 g/mol. The SMILES string of the molecule is Cl.N[C@@H](c1cccc(Cl)c1)[C@H](O)C1CCCC1. The minimum Gasteiger partial charge on any atom is -0.391 e. The first-order valence-electron chi connectivity index (χ1n) is 5.87. The lowest BCUT2D eigenvalue weighted by Gasteiger charge is -2.24. The third-order valence-corrected chi connectivity index (χ3v) is 3.72. The summed E-state index contributed by atoms with van der Waals surface area (Å²) < 4.78 is 0. The fourth-order valence-corrected chi connectivity index (χ4v) is 2.70. The zero-order chi connectivity index (χ0) is 11.5. The minimum atomic E-state index is -0.444. The van der Waals surface area contributed by atoms with E-state index in [1.165, 1.54) is 12.8 Å². The van der Waals surface area contributed by atoms with Crippen molar-refractivity contribution in [2.24, 2.45) is 11.7 Å². The van der Waals surface area contributed by atoms with Gasteiger partial charge in [0.15, 0.2) is 0 Å². The molecule has 0 amide bonds. The molecule has 1 aromatic carbocycles. The molecule has 1 aliphatic rings. The summed E-state index contributed by atoms with van der Waals surface area (Å²) in [5.41, 5.74) is 7.00. The van der Waals surface area contributed by atoms with E-state index in [0.717, 1.165) is 18.4 Å². The fraction of sp³-hybridized carbons (Fsp3) is 0.538. The number of benzene rings is 1. The zero-order valence-corrected chi connectivity index (χ0v) is 11.3. The molecule has 17 heavy (non-hydrogen) atoms. The van der Waals surface area contributed by atoms with Crippen molar-refractivity contribution in [1.29, 1.82) is 0 Å². The van der Waals surface area contributed by atoms with Crippen LogP contribution in [-0.2, 0) is 0 Å². The van der Waals surface area contributed by atoms with Gasteiger partial charge in [0.2, 0.25) is 0 Å². The zero-order valence-electron chi connectivity index (χ0n) is 9.68. The van der Waals surface area contributed by atoms with Crippen molar-refractivity contribution in [2.45, 2.75) is 37.8 Å². The standard InChI is InChI=1S/C13H18ClNO.ClH/c14-11-7-3-6-10(8-11)12(15)13(16)9-4-1-2-5-9;/h3,6-9,12-13,16H,1-2,4-5,15H2;1H/t12-,13+;/m0./s1. The van der Waals surface area contributed by atoms with Gasteiger partial charge in [-0.2, -0.15) is 0 Å². The Morgan fingerprint density at radius 2 is 1.94 bits per heavy atom. The molecule has 0 bridgehead atoms. The van der Waals surface area contributed by atoms with Crippen molar-refractivity contribution in [3.05, 3.63) is 34.9 Å².